The molecule has 0 unspecified atom stereocenters. The van der Waals surface area contributed by atoms with Gasteiger partial charge < -0.3 is 0 Å². The molecule has 1 aromatic carbocycles. The SMILES string of the molecule is CCCCC1(C(C)(C)C)C(=O)c2ccccc2C1=O. The lowest BCUT2D eigenvalue weighted by molar-refractivity contribution is 0.0428. The predicted octanol–water partition coefficient (Wildman–Crippen LogP) is 4.29. The largest absolute Gasteiger partial charge is 0.293 e. The van der Waals surface area contributed by atoms with Crippen LogP contribution in [0.15, 0.2) is 24.3 Å². The summed E-state index contributed by atoms with van der Waals surface area (Å²) < 4.78 is 0. The molecule has 0 aromatic heterocycles. The predicted molar refractivity (Wildman–Crippen MR) is 76.5 cm³/mol. The fourth-order valence-electron chi connectivity index (χ4n) is 3.17. The maximum absolute atomic E-state index is 12.9. The van der Waals surface area contributed by atoms with Crippen molar-refractivity contribution in [3.05, 3.63) is 35.4 Å². The standard InChI is InChI=1S/C17H22O2/c1-5-6-11-17(16(2,3)4)14(18)12-9-7-8-10-13(12)15(17)19/h7-10H,5-6,11H2,1-4H3. The minimum absolute atomic E-state index is 0.0223. The lowest BCUT2D eigenvalue weighted by Crippen LogP contribution is -2.45. The average Bonchev–Trinajstić information content (AvgIpc) is 2.58. The number of Topliss-reactive ketones (excluding diaryl/α,β-unsaturated/α-hetero) is 2. The van der Waals surface area contributed by atoms with E-state index in [4.69, 9.17) is 0 Å². The van der Waals surface area contributed by atoms with Crippen molar-refractivity contribution in [2.24, 2.45) is 10.8 Å². The zero-order valence-corrected chi connectivity index (χ0v) is 12.2. The first-order valence-corrected chi connectivity index (χ1v) is 7.05. The number of unbranched alkanes of at least 4 members (excludes halogenated alkanes) is 1. The van der Waals surface area contributed by atoms with Crippen LogP contribution < -0.4 is 0 Å². The van der Waals surface area contributed by atoms with Gasteiger partial charge in [-0.15, -0.1) is 0 Å². The van der Waals surface area contributed by atoms with Gasteiger partial charge in [0, 0.05) is 11.1 Å². The fourth-order valence-corrected chi connectivity index (χ4v) is 3.17. The van der Waals surface area contributed by atoms with E-state index in [1.54, 1.807) is 12.1 Å². The highest BCUT2D eigenvalue weighted by atomic mass is 16.2. The molecule has 0 radical (unpaired) electrons. The van der Waals surface area contributed by atoms with E-state index in [0.717, 1.165) is 12.8 Å². The topological polar surface area (TPSA) is 34.1 Å². The number of carbonyl (C=O) groups is 2. The number of hydrogen-bond donors (Lipinski definition) is 0. The summed E-state index contributed by atoms with van der Waals surface area (Å²) in [6.45, 7) is 8.10. The summed E-state index contributed by atoms with van der Waals surface area (Å²) in [5.74, 6) is 0.0445. The minimum Gasteiger partial charge on any atom is -0.293 e. The van der Waals surface area contributed by atoms with Crippen molar-refractivity contribution < 1.29 is 9.59 Å². The van der Waals surface area contributed by atoms with Gasteiger partial charge in [0.15, 0.2) is 11.6 Å². The summed E-state index contributed by atoms with van der Waals surface area (Å²) in [7, 11) is 0. The zero-order valence-electron chi connectivity index (χ0n) is 12.2. The first-order valence-electron chi connectivity index (χ1n) is 7.05. The van der Waals surface area contributed by atoms with E-state index < -0.39 is 5.41 Å². The zero-order chi connectivity index (χ0) is 14.3. The molecule has 1 aliphatic rings. The van der Waals surface area contributed by atoms with Gasteiger partial charge in [0.25, 0.3) is 0 Å². The first kappa shape index (κ1) is 14.0. The Bertz CT molecular complexity index is 485. The third-order valence-corrected chi connectivity index (χ3v) is 4.38. The second-order valence-electron chi connectivity index (χ2n) is 6.46. The Hall–Kier alpha value is -1.44. The molecule has 0 spiro atoms. The van der Waals surface area contributed by atoms with Crippen LogP contribution >= 0.6 is 0 Å². The van der Waals surface area contributed by atoms with Crippen LogP contribution in [-0.2, 0) is 0 Å². The summed E-state index contributed by atoms with van der Waals surface area (Å²) in [6.07, 6.45) is 2.55. The third kappa shape index (κ3) is 1.85. The Morgan fingerprint density at radius 3 is 1.84 bits per heavy atom. The second kappa shape index (κ2) is 4.59. The van der Waals surface area contributed by atoms with Gasteiger partial charge in [0.1, 0.15) is 5.41 Å². The van der Waals surface area contributed by atoms with Crippen molar-refractivity contribution >= 4 is 11.6 Å². The van der Waals surface area contributed by atoms with Gasteiger partial charge in [-0.05, 0) is 11.8 Å². The van der Waals surface area contributed by atoms with Gasteiger partial charge in [0.05, 0.1) is 0 Å². The molecule has 0 amide bonds. The van der Waals surface area contributed by atoms with Gasteiger partial charge in [-0.25, -0.2) is 0 Å². The van der Waals surface area contributed by atoms with E-state index in [2.05, 4.69) is 6.92 Å². The van der Waals surface area contributed by atoms with Crippen LogP contribution in [-0.4, -0.2) is 11.6 Å². The average molecular weight is 258 g/mol. The van der Waals surface area contributed by atoms with E-state index in [1.165, 1.54) is 0 Å². The van der Waals surface area contributed by atoms with Crippen LogP contribution in [0.5, 0.6) is 0 Å². The van der Waals surface area contributed by atoms with Gasteiger partial charge in [-0.2, -0.15) is 0 Å². The summed E-state index contributed by atoms with van der Waals surface area (Å²) in [5, 5.41) is 0. The molecule has 0 N–H and O–H groups in total. The number of fused-ring (bicyclic) bond motifs is 1. The normalized spacial score (nSPS) is 17.7. The molecular formula is C17H22O2. The maximum atomic E-state index is 12.9. The molecule has 0 fully saturated rings. The smallest absolute Gasteiger partial charge is 0.178 e. The molecule has 0 aliphatic heterocycles. The monoisotopic (exact) mass is 258 g/mol. The molecule has 0 bridgehead atoms. The number of hydrogen-bond acceptors (Lipinski definition) is 2. The maximum Gasteiger partial charge on any atom is 0.178 e. The van der Waals surface area contributed by atoms with Gasteiger partial charge in [-0.3, -0.25) is 9.59 Å². The second-order valence-corrected chi connectivity index (χ2v) is 6.46. The molecule has 0 heterocycles. The van der Waals surface area contributed by atoms with Crippen molar-refractivity contribution in [1.29, 1.82) is 0 Å². The number of carbonyl (C=O) groups excluding carboxylic acids is 2. The van der Waals surface area contributed by atoms with Crippen LogP contribution in [0.1, 0.15) is 67.7 Å². The Morgan fingerprint density at radius 2 is 1.47 bits per heavy atom. The van der Waals surface area contributed by atoms with Gasteiger partial charge >= 0.3 is 0 Å². The van der Waals surface area contributed by atoms with E-state index in [-0.39, 0.29) is 17.0 Å². The van der Waals surface area contributed by atoms with Crippen LogP contribution in [0.2, 0.25) is 0 Å². The quantitative estimate of drug-likeness (QED) is 0.758. The van der Waals surface area contributed by atoms with Crippen LogP contribution in [0.4, 0.5) is 0 Å². The van der Waals surface area contributed by atoms with E-state index in [0.29, 0.717) is 17.5 Å². The van der Waals surface area contributed by atoms with E-state index >= 15 is 0 Å². The lowest BCUT2D eigenvalue weighted by Gasteiger charge is -2.39. The van der Waals surface area contributed by atoms with E-state index in [1.807, 2.05) is 32.9 Å². The van der Waals surface area contributed by atoms with Crippen LogP contribution in [0.3, 0.4) is 0 Å². The molecular weight excluding hydrogens is 236 g/mol. The van der Waals surface area contributed by atoms with E-state index in [9.17, 15) is 9.59 Å². The van der Waals surface area contributed by atoms with Gasteiger partial charge in [0.2, 0.25) is 0 Å². The number of ketones is 2. The Kier molecular flexibility index (Phi) is 3.38. The molecule has 2 nitrogen and oxygen atoms in total. The van der Waals surface area contributed by atoms with Crippen molar-refractivity contribution in [3.63, 3.8) is 0 Å². The van der Waals surface area contributed by atoms with Crippen molar-refractivity contribution in [2.75, 3.05) is 0 Å². The molecule has 0 saturated heterocycles. The summed E-state index contributed by atoms with van der Waals surface area (Å²) >= 11 is 0. The minimum atomic E-state index is -0.868. The molecule has 0 saturated carbocycles. The fraction of sp³-hybridized carbons (Fsp3) is 0.529. The molecule has 2 heteroatoms. The lowest BCUT2D eigenvalue weighted by atomic mass is 9.61. The molecule has 1 aliphatic carbocycles. The van der Waals surface area contributed by atoms with Crippen LogP contribution in [0, 0.1) is 10.8 Å². The Labute approximate surface area is 115 Å². The highest BCUT2D eigenvalue weighted by Gasteiger charge is 2.58. The molecule has 0 atom stereocenters. The van der Waals surface area contributed by atoms with Crippen molar-refractivity contribution in [1.82, 2.24) is 0 Å². The highest BCUT2D eigenvalue weighted by molar-refractivity contribution is 6.30. The third-order valence-electron chi connectivity index (χ3n) is 4.38. The van der Waals surface area contributed by atoms with Crippen LogP contribution in [0.25, 0.3) is 0 Å². The highest BCUT2D eigenvalue weighted by Crippen LogP contribution is 2.52. The van der Waals surface area contributed by atoms with Crippen molar-refractivity contribution in [3.8, 4) is 0 Å². The summed E-state index contributed by atoms with van der Waals surface area (Å²) in [5.41, 5.74) is -0.000689. The Balaban J connectivity index is 2.59. The Morgan fingerprint density at radius 1 is 1.00 bits per heavy atom. The summed E-state index contributed by atoms with van der Waals surface area (Å²) in [6, 6.07) is 7.25. The van der Waals surface area contributed by atoms with Gasteiger partial charge in [-0.1, -0.05) is 64.8 Å². The van der Waals surface area contributed by atoms with Crippen molar-refractivity contribution in [2.45, 2.75) is 47.0 Å². The first-order chi connectivity index (χ1) is 8.86. The summed E-state index contributed by atoms with van der Waals surface area (Å²) in [4.78, 5) is 25.7. The number of benzene rings is 1. The molecule has 1 aromatic rings. The number of rotatable bonds is 3. The molecule has 19 heavy (non-hydrogen) atoms. The molecule has 2 rings (SSSR count). The molecule has 102 valence electrons.